The zero-order chi connectivity index (χ0) is 18.5. The second kappa shape index (κ2) is 8.18. The van der Waals surface area contributed by atoms with E-state index in [1.165, 1.54) is 25.3 Å². The van der Waals surface area contributed by atoms with Crippen molar-refractivity contribution in [1.29, 1.82) is 0 Å². The molecule has 1 atom stereocenters. The zero-order valence-electron chi connectivity index (χ0n) is 15.0. The van der Waals surface area contributed by atoms with Gasteiger partial charge in [0.15, 0.2) is 5.76 Å². The van der Waals surface area contributed by atoms with Gasteiger partial charge in [-0.1, -0.05) is 6.42 Å². The summed E-state index contributed by atoms with van der Waals surface area (Å²) in [5.41, 5.74) is 5.23. The quantitative estimate of drug-likeness (QED) is 0.719. The molecule has 2 aromatic rings. The second-order valence-electron chi connectivity index (χ2n) is 6.60. The van der Waals surface area contributed by atoms with Crippen molar-refractivity contribution >= 4 is 11.7 Å². The Morgan fingerprint density at radius 2 is 2.15 bits per heavy atom. The van der Waals surface area contributed by atoms with Gasteiger partial charge < -0.3 is 20.5 Å². The second-order valence-corrected chi connectivity index (χ2v) is 6.60. The van der Waals surface area contributed by atoms with Gasteiger partial charge in [-0.3, -0.25) is 14.5 Å². The van der Waals surface area contributed by atoms with Gasteiger partial charge in [0.05, 0.1) is 6.04 Å². The minimum atomic E-state index is -0.304. The van der Waals surface area contributed by atoms with Crippen LogP contribution in [0.15, 0.2) is 27.4 Å². The van der Waals surface area contributed by atoms with E-state index < -0.39 is 0 Å². The number of rotatable bonds is 6. The van der Waals surface area contributed by atoms with E-state index >= 15 is 0 Å². The maximum absolute atomic E-state index is 12.2. The predicted octanol–water partition coefficient (Wildman–Crippen LogP) is 1.46. The van der Waals surface area contributed by atoms with Crippen LogP contribution in [-0.2, 0) is 6.42 Å². The SMILES string of the molecule is CC(c1ccc(C(=O)NCCc2nc(N)cc(=O)[nH]2)o1)N1CCCCC1. The van der Waals surface area contributed by atoms with Crippen molar-refractivity contribution in [1.82, 2.24) is 20.2 Å². The lowest BCUT2D eigenvalue weighted by Crippen LogP contribution is -2.32. The Morgan fingerprint density at radius 1 is 1.38 bits per heavy atom. The van der Waals surface area contributed by atoms with Crippen molar-refractivity contribution in [3.63, 3.8) is 0 Å². The predicted molar refractivity (Wildman–Crippen MR) is 97.9 cm³/mol. The molecule has 0 saturated carbocycles. The van der Waals surface area contributed by atoms with Gasteiger partial charge in [-0.2, -0.15) is 0 Å². The molecule has 1 unspecified atom stereocenters. The number of H-pyrrole nitrogens is 1. The summed E-state index contributed by atoms with van der Waals surface area (Å²) in [6, 6.07) is 4.95. The number of piperidine rings is 1. The van der Waals surface area contributed by atoms with Crippen molar-refractivity contribution in [2.75, 3.05) is 25.4 Å². The van der Waals surface area contributed by atoms with Crippen molar-refractivity contribution < 1.29 is 9.21 Å². The summed E-state index contributed by atoms with van der Waals surface area (Å²) < 4.78 is 5.75. The van der Waals surface area contributed by atoms with E-state index in [2.05, 4.69) is 27.1 Å². The number of furan rings is 1. The van der Waals surface area contributed by atoms with E-state index in [1.807, 2.05) is 6.07 Å². The summed E-state index contributed by atoms with van der Waals surface area (Å²) >= 11 is 0. The Labute approximate surface area is 151 Å². The van der Waals surface area contributed by atoms with Gasteiger partial charge in [0.2, 0.25) is 0 Å². The summed E-state index contributed by atoms with van der Waals surface area (Å²) in [4.78, 5) is 32.6. The van der Waals surface area contributed by atoms with Gasteiger partial charge in [-0.25, -0.2) is 4.98 Å². The summed E-state index contributed by atoms with van der Waals surface area (Å²) in [6.07, 6.45) is 4.07. The van der Waals surface area contributed by atoms with Crippen LogP contribution in [0.25, 0.3) is 0 Å². The standard InChI is InChI=1S/C18H25N5O3/c1-12(23-9-3-2-4-10-23)13-5-6-14(26-13)18(25)20-8-7-16-21-15(19)11-17(24)22-16/h5-6,11-12H,2-4,7-10H2,1H3,(H,20,25)(H3,19,21,22,24). The molecular formula is C18H25N5O3. The number of aromatic amines is 1. The molecule has 2 aromatic heterocycles. The van der Waals surface area contributed by atoms with Crippen LogP contribution in [-0.4, -0.2) is 40.4 Å². The molecule has 1 aliphatic rings. The average Bonchev–Trinajstić information content (AvgIpc) is 3.11. The highest BCUT2D eigenvalue weighted by Gasteiger charge is 2.22. The third-order valence-electron chi connectivity index (χ3n) is 4.66. The smallest absolute Gasteiger partial charge is 0.287 e. The van der Waals surface area contributed by atoms with Crippen LogP contribution in [0.1, 0.15) is 54.4 Å². The van der Waals surface area contributed by atoms with Crippen LogP contribution in [0.3, 0.4) is 0 Å². The maximum Gasteiger partial charge on any atom is 0.287 e. The minimum Gasteiger partial charge on any atom is -0.454 e. The Hall–Kier alpha value is -2.61. The molecule has 0 spiro atoms. The molecule has 3 heterocycles. The Bertz CT molecular complexity index is 807. The third kappa shape index (κ3) is 4.51. The minimum absolute atomic E-state index is 0.164. The zero-order valence-corrected chi connectivity index (χ0v) is 15.0. The van der Waals surface area contributed by atoms with E-state index in [0.717, 1.165) is 18.8 Å². The lowest BCUT2D eigenvalue weighted by Gasteiger charge is -2.31. The van der Waals surface area contributed by atoms with Gasteiger partial charge in [-0.05, 0) is 45.0 Å². The number of nitrogens with one attached hydrogen (secondary N) is 2. The summed E-state index contributed by atoms with van der Waals surface area (Å²) in [6.45, 7) is 4.56. The number of carbonyl (C=O) groups excluding carboxylic acids is 1. The number of aromatic nitrogens is 2. The monoisotopic (exact) mass is 359 g/mol. The lowest BCUT2D eigenvalue weighted by atomic mass is 10.1. The molecule has 8 heteroatoms. The first-order valence-electron chi connectivity index (χ1n) is 9.00. The Kier molecular flexibility index (Phi) is 5.72. The number of nitrogens with zero attached hydrogens (tertiary/aromatic N) is 2. The van der Waals surface area contributed by atoms with Gasteiger partial charge in [-0.15, -0.1) is 0 Å². The summed E-state index contributed by atoms with van der Waals surface area (Å²) in [7, 11) is 0. The van der Waals surface area contributed by atoms with Crippen molar-refractivity contribution in [2.24, 2.45) is 0 Å². The molecule has 0 radical (unpaired) electrons. The molecule has 140 valence electrons. The van der Waals surface area contributed by atoms with Crippen LogP contribution in [0.4, 0.5) is 5.82 Å². The van der Waals surface area contributed by atoms with Crippen LogP contribution in [0, 0.1) is 0 Å². The van der Waals surface area contributed by atoms with Gasteiger partial charge in [0, 0.05) is 19.0 Å². The van der Waals surface area contributed by atoms with Crippen molar-refractivity contribution in [3.8, 4) is 0 Å². The molecule has 1 fully saturated rings. The average molecular weight is 359 g/mol. The molecule has 1 saturated heterocycles. The number of nitrogens with two attached hydrogens (primary N) is 1. The van der Waals surface area contributed by atoms with E-state index in [4.69, 9.17) is 10.2 Å². The third-order valence-corrected chi connectivity index (χ3v) is 4.66. The number of amides is 1. The molecule has 3 rings (SSSR count). The lowest BCUT2D eigenvalue weighted by molar-refractivity contribution is 0.0917. The first-order chi connectivity index (χ1) is 12.5. The van der Waals surface area contributed by atoms with Crippen LogP contribution < -0.4 is 16.6 Å². The Balaban J connectivity index is 1.53. The highest BCUT2D eigenvalue weighted by Crippen LogP contribution is 2.25. The highest BCUT2D eigenvalue weighted by molar-refractivity contribution is 5.91. The fourth-order valence-corrected chi connectivity index (χ4v) is 3.21. The van der Waals surface area contributed by atoms with Gasteiger partial charge in [0.25, 0.3) is 11.5 Å². The molecule has 0 aromatic carbocycles. The summed E-state index contributed by atoms with van der Waals surface area (Å²) in [5, 5.41) is 2.77. The largest absolute Gasteiger partial charge is 0.454 e. The fourth-order valence-electron chi connectivity index (χ4n) is 3.21. The number of hydrogen-bond donors (Lipinski definition) is 3. The number of carbonyl (C=O) groups is 1. The topological polar surface area (TPSA) is 117 Å². The highest BCUT2D eigenvalue weighted by atomic mass is 16.4. The number of likely N-dealkylation sites (tertiary alicyclic amines) is 1. The number of anilines is 1. The molecular weight excluding hydrogens is 334 g/mol. The molecule has 8 nitrogen and oxygen atoms in total. The molecule has 4 N–H and O–H groups in total. The first-order valence-corrected chi connectivity index (χ1v) is 9.00. The van der Waals surface area contributed by atoms with Gasteiger partial charge in [0.1, 0.15) is 17.4 Å². The number of hydrogen-bond acceptors (Lipinski definition) is 6. The van der Waals surface area contributed by atoms with Crippen LogP contribution >= 0.6 is 0 Å². The van der Waals surface area contributed by atoms with Crippen molar-refractivity contribution in [3.05, 3.63) is 45.9 Å². The van der Waals surface area contributed by atoms with E-state index in [0.29, 0.717) is 18.8 Å². The molecule has 0 aliphatic carbocycles. The first kappa shape index (κ1) is 18.2. The van der Waals surface area contributed by atoms with E-state index in [-0.39, 0.29) is 29.1 Å². The van der Waals surface area contributed by atoms with E-state index in [9.17, 15) is 9.59 Å². The molecule has 1 aliphatic heterocycles. The maximum atomic E-state index is 12.2. The Morgan fingerprint density at radius 3 is 2.88 bits per heavy atom. The summed E-state index contributed by atoms with van der Waals surface area (Å²) in [5.74, 6) is 1.41. The normalized spacial score (nSPS) is 16.3. The molecule has 0 bridgehead atoms. The van der Waals surface area contributed by atoms with Crippen molar-refractivity contribution in [2.45, 2.75) is 38.6 Å². The van der Waals surface area contributed by atoms with E-state index in [1.54, 1.807) is 6.07 Å². The molecule has 26 heavy (non-hydrogen) atoms. The van der Waals surface area contributed by atoms with Gasteiger partial charge >= 0.3 is 0 Å². The van der Waals surface area contributed by atoms with Crippen LogP contribution in [0.2, 0.25) is 0 Å². The van der Waals surface area contributed by atoms with Crippen LogP contribution in [0.5, 0.6) is 0 Å². The molecule has 1 amide bonds. The fraction of sp³-hybridized carbons (Fsp3) is 0.500. The number of nitrogen functional groups attached to an aromatic ring is 1.